The van der Waals surface area contributed by atoms with Crippen LogP contribution in [-0.2, 0) is 4.79 Å². The van der Waals surface area contributed by atoms with Crippen molar-refractivity contribution in [3.63, 3.8) is 0 Å². The summed E-state index contributed by atoms with van der Waals surface area (Å²) < 4.78 is 1.99. The summed E-state index contributed by atoms with van der Waals surface area (Å²) in [5, 5.41) is 0.871. The molecule has 3 amide bonds. The van der Waals surface area contributed by atoms with E-state index >= 15 is 0 Å². The van der Waals surface area contributed by atoms with E-state index in [1.165, 1.54) is 9.80 Å². The molecular weight excluding hydrogens is 240 g/mol. The lowest BCUT2D eigenvalue weighted by Crippen LogP contribution is -2.62. The molecule has 0 aromatic carbocycles. The van der Waals surface area contributed by atoms with Gasteiger partial charge in [0.15, 0.2) is 0 Å². The first-order valence-electron chi connectivity index (χ1n) is 5.59. The molecule has 3 heterocycles. The Morgan fingerprint density at radius 1 is 1.53 bits per heavy atom. The average molecular weight is 253 g/mol. The quantitative estimate of drug-likeness (QED) is 0.608. The highest BCUT2D eigenvalue weighted by Crippen LogP contribution is 2.26. The molecule has 1 unspecified atom stereocenters. The molecule has 0 aliphatic carbocycles. The largest absolute Gasteiger partial charge is 0.358 e. The normalized spacial score (nSPS) is 27.6. The first-order chi connectivity index (χ1) is 8.15. The van der Waals surface area contributed by atoms with Gasteiger partial charge < -0.3 is 0 Å². The van der Waals surface area contributed by atoms with E-state index in [-0.39, 0.29) is 18.0 Å². The van der Waals surface area contributed by atoms with Crippen molar-refractivity contribution in [1.29, 1.82) is 0 Å². The van der Waals surface area contributed by atoms with Crippen LogP contribution in [0.2, 0.25) is 0 Å². The van der Waals surface area contributed by atoms with Crippen LogP contribution >= 0.6 is 11.8 Å². The molecule has 0 bridgehead atoms. The molecule has 0 saturated carbocycles. The monoisotopic (exact) mass is 253 g/mol. The number of carbonyl (C=O) groups excluding carboxylic acids is 2. The molecule has 0 spiro atoms. The Kier molecular flexibility index (Phi) is 2.25. The highest BCUT2D eigenvalue weighted by molar-refractivity contribution is 8.13. The number of hydrogen-bond donors (Lipinski definition) is 0. The van der Waals surface area contributed by atoms with Crippen LogP contribution in [0.3, 0.4) is 0 Å². The van der Waals surface area contributed by atoms with Crippen molar-refractivity contribution in [3.8, 4) is 0 Å². The van der Waals surface area contributed by atoms with Gasteiger partial charge in [-0.1, -0.05) is 0 Å². The van der Waals surface area contributed by atoms with Gasteiger partial charge in [-0.15, -0.1) is 0 Å². The van der Waals surface area contributed by atoms with Crippen LogP contribution < -0.4 is 0 Å². The third kappa shape index (κ3) is 1.28. The fourth-order valence-corrected chi connectivity index (χ4v) is 3.35. The van der Waals surface area contributed by atoms with Gasteiger partial charge in [-0.25, -0.2) is 9.37 Å². The molecule has 1 fully saturated rings. The van der Waals surface area contributed by atoms with Crippen molar-refractivity contribution >= 4 is 34.7 Å². The number of thioether (sulfide) groups is 1. The van der Waals surface area contributed by atoms with Gasteiger partial charge in [0.05, 0.1) is 6.54 Å². The van der Waals surface area contributed by atoms with Crippen molar-refractivity contribution in [2.75, 3.05) is 25.9 Å². The number of rotatable bonds is 1. The number of fused-ring (bicyclic) bond motifs is 2. The van der Waals surface area contributed by atoms with E-state index in [9.17, 15) is 9.59 Å². The Labute approximate surface area is 103 Å². The van der Waals surface area contributed by atoms with Crippen LogP contribution in [0.1, 0.15) is 6.92 Å². The zero-order chi connectivity index (χ0) is 12.2. The lowest BCUT2D eigenvalue weighted by molar-refractivity contribution is -0.525. The third-order valence-electron chi connectivity index (χ3n) is 3.25. The molecule has 7 heteroatoms. The minimum absolute atomic E-state index is 0.146. The summed E-state index contributed by atoms with van der Waals surface area (Å²) in [7, 11) is 1.68. The number of amides is 3. The maximum Gasteiger partial charge on any atom is 0.358 e. The Balaban J connectivity index is 2.05. The van der Waals surface area contributed by atoms with Crippen molar-refractivity contribution < 1.29 is 14.2 Å². The van der Waals surface area contributed by atoms with E-state index in [2.05, 4.69) is 4.99 Å². The van der Waals surface area contributed by atoms with Gasteiger partial charge in [-0.05, 0) is 23.7 Å². The number of imide groups is 1. The summed E-state index contributed by atoms with van der Waals surface area (Å²) in [6, 6.07) is -0.665. The molecule has 17 heavy (non-hydrogen) atoms. The van der Waals surface area contributed by atoms with Crippen LogP contribution in [-0.4, -0.2) is 69.2 Å². The second-order valence-corrected chi connectivity index (χ2v) is 5.18. The van der Waals surface area contributed by atoms with Crippen LogP contribution in [0, 0.1) is 0 Å². The Morgan fingerprint density at radius 3 is 3.00 bits per heavy atom. The zero-order valence-corrected chi connectivity index (χ0v) is 10.5. The first kappa shape index (κ1) is 10.8. The molecule has 3 aliphatic rings. The van der Waals surface area contributed by atoms with Gasteiger partial charge >= 0.3 is 11.2 Å². The van der Waals surface area contributed by atoms with Crippen LogP contribution in [0.25, 0.3) is 0 Å². The molecular formula is C10H13N4O2S+. The predicted molar refractivity (Wildman–Crippen MR) is 64.4 cm³/mol. The number of carbonyl (C=O) groups is 2. The summed E-state index contributed by atoms with van der Waals surface area (Å²) in [5.41, 5.74) is 0. The Morgan fingerprint density at radius 2 is 2.29 bits per heavy atom. The van der Waals surface area contributed by atoms with Crippen LogP contribution in [0.5, 0.6) is 0 Å². The van der Waals surface area contributed by atoms with Gasteiger partial charge in [0.1, 0.15) is 0 Å². The van der Waals surface area contributed by atoms with E-state index in [0.717, 1.165) is 17.5 Å². The standard InChI is InChI=1S/C10H13N4O2S/c1-3-13-8(15)6-7(12(2)10(13)16)11-9-14(6)4-5-17-9/h6H,3-5H2,1-2H3/q+1. The van der Waals surface area contributed by atoms with E-state index in [4.69, 9.17) is 0 Å². The van der Waals surface area contributed by atoms with Crippen molar-refractivity contribution in [2.45, 2.75) is 13.0 Å². The first-order valence-corrected chi connectivity index (χ1v) is 6.57. The number of aliphatic imine (C=N–C) groups is 1. The average Bonchev–Trinajstić information content (AvgIpc) is 2.86. The van der Waals surface area contributed by atoms with Gasteiger partial charge in [-0.2, -0.15) is 0 Å². The molecule has 1 saturated heterocycles. The van der Waals surface area contributed by atoms with E-state index < -0.39 is 0 Å². The SMILES string of the molecule is CCN1C(=O)C2C(=NC3=[N+]2CCS3)N(C)C1=O. The molecule has 3 rings (SSSR count). The minimum Gasteiger partial charge on any atom is -0.269 e. The molecule has 6 nitrogen and oxygen atoms in total. The highest BCUT2D eigenvalue weighted by Gasteiger charge is 2.54. The van der Waals surface area contributed by atoms with Crippen molar-refractivity contribution in [3.05, 3.63) is 0 Å². The Bertz CT molecular complexity index is 485. The number of nitrogens with zero attached hydrogens (tertiary/aromatic N) is 4. The Hall–Kier alpha value is -1.37. The summed E-state index contributed by atoms with van der Waals surface area (Å²) >= 11 is 1.64. The molecule has 90 valence electrons. The maximum atomic E-state index is 12.3. The summed E-state index contributed by atoms with van der Waals surface area (Å²) in [6.45, 7) is 3.04. The fraction of sp³-hybridized carbons (Fsp3) is 0.600. The van der Waals surface area contributed by atoms with Gasteiger partial charge in [0.2, 0.25) is 0 Å². The fourth-order valence-electron chi connectivity index (χ4n) is 2.36. The van der Waals surface area contributed by atoms with E-state index in [1.807, 2.05) is 11.5 Å². The number of amidine groups is 2. The van der Waals surface area contributed by atoms with E-state index in [1.54, 1.807) is 18.8 Å². The molecule has 3 aliphatic heterocycles. The topological polar surface area (TPSA) is 56.0 Å². The second kappa shape index (κ2) is 3.56. The highest BCUT2D eigenvalue weighted by atomic mass is 32.2. The molecule has 0 N–H and O–H groups in total. The maximum absolute atomic E-state index is 12.3. The van der Waals surface area contributed by atoms with Gasteiger partial charge in [-0.3, -0.25) is 14.6 Å². The number of hydrogen-bond acceptors (Lipinski definition) is 4. The summed E-state index contributed by atoms with van der Waals surface area (Å²) in [6.07, 6.45) is 0. The molecule has 0 aromatic rings. The predicted octanol–water partition coefficient (Wildman–Crippen LogP) is -0.204. The minimum atomic E-state index is -0.386. The van der Waals surface area contributed by atoms with Crippen molar-refractivity contribution in [2.24, 2.45) is 4.99 Å². The van der Waals surface area contributed by atoms with Gasteiger partial charge in [0.25, 0.3) is 17.8 Å². The van der Waals surface area contributed by atoms with Crippen molar-refractivity contribution in [1.82, 2.24) is 9.80 Å². The molecule has 1 atom stereocenters. The molecule has 0 radical (unpaired) electrons. The number of urea groups is 1. The number of likely N-dealkylation sites (N-methyl/N-ethyl adjacent to an activating group) is 2. The summed E-state index contributed by atoms with van der Waals surface area (Å²) in [4.78, 5) is 31.4. The lowest BCUT2D eigenvalue weighted by atomic mass is 10.1. The second-order valence-electron chi connectivity index (χ2n) is 4.12. The van der Waals surface area contributed by atoms with E-state index in [0.29, 0.717) is 12.4 Å². The van der Waals surface area contributed by atoms with Crippen LogP contribution in [0.15, 0.2) is 4.99 Å². The molecule has 0 aromatic heterocycles. The smallest absolute Gasteiger partial charge is 0.269 e. The zero-order valence-electron chi connectivity index (χ0n) is 9.71. The summed E-state index contributed by atoms with van der Waals surface area (Å²) in [5.74, 6) is 1.39. The van der Waals surface area contributed by atoms with Crippen LogP contribution in [0.4, 0.5) is 4.79 Å². The third-order valence-corrected chi connectivity index (χ3v) is 4.22. The van der Waals surface area contributed by atoms with Gasteiger partial charge in [0, 0.05) is 19.3 Å². The lowest BCUT2D eigenvalue weighted by Gasteiger charge is -2.32.